The van der Waals surface area contributed by atoms with E-state index in [-0.39, 0.29) is 12.1 Å². The number of carbonyl (C=O) groups excluding carboxylic acids is 1. The fraction of sp³-hybridized carbons (Fsp3) is 0.286. The molecule has 0 saturated carbocycles. The van der Waals surface area contributed by atoms with E-state index in [0.29, 0.717) is 12.0 Å². The van der Waals surface area contributed by atoms with Gasteiger partial charge in [-0.3, -0.25) is 0 Å². The summed E-state index contributed by atoms with van der Waals surface area (Å²) >= 11 is 0. The molecule has 0 aromatic carbocycles. The quantitative estimate of drug-likeness (QED) is 0.312. The van der Waals surface area contributed by atoms with Crippen LogP contribution in [-0.2, 0) is 9.53 Å². The fourth-order valence-corrected chi connectivity index (χ4v) is 0.691. The topological polar surface area (TPSA) is 26.3 Å². The molecule has 1 unspecified atom stereocenters. The van der Waals surface area contributed by atoms with Gasteiger partial charge in [0.2, 0.25) is 0 Å². The molecule has 1 aliphatic heterocycles. The van der Waals surface area contributed by atoms with Crippen molar-refractivity contribution in [3.8, 4) is 0 Å². The largest absolute Gasteiger partial charge is 0.453 e. The summed E-state index contributed by atoms with van der Waals surface area (Å²) in [4.78, 5) is 10.4. The highest BCUT2D eigenvalue weighted by Gasteiger charge is 2.32. The molecule has 1 fully saturated rings. The third kappa shape index (κ3) is 0.875. The highest BCUT2D eigenvalue weighted by atomic mass is 16.6. The minimum Gasteiger partial charge on any atom is -0.453 e. The standard InChI is InChI=1S/C7H8O2/c1-3-4-6-5(2)7(8)9-6/h3,6H,1-2,4H2. The lowest BCUT2D eigenvalue weighted by atomic mass is 10.0. The Morgan fingerprint density at radius 1 is 1.78 bits per heavy atom. The van der Waals surface area contributed by atoms with Crippen molar-refractivity contribution < 1.29 is 9.53 Å². The van der Waals surface area contributed by atoms with E-state index < -0.39 is 0 Å². The Balaban J connectivity index is 2.42. The van der Waals surface area contributed by atoms with E-state index in [2.05, 4.69) is 17.9 Å². The van der Waals surface area contributed by atoms with Crippen molar-refractivity contribution in [3.63, 3.8) is 0 Å². The number of cyclic esters (lactones) is 1. The van der Waals surface area contributed by atoms with Gasteiger partial charge in [-0.1, -0.05) is 12.7 Å². The third-order valence-electron chi connectivity index (χ3n) is 1.28. The normalized spacial score (nSPS) is 24.7. The van der Waals surface area contributed by atoms with Crippen molar-refractivity contribution in [1.29, 1.82) is 0 Å². The average Bonchev–Trinajstić information content (AvgIpc) is 1.88. The molecule has 0 radical (unpaired) electrons. The molecule has 1 atom stereocenters. The molecule has 1 rings (SSSR count). The van der Waals surface area contributed by atoms with Crippen molar-refractivity contribution in [2.75, 3.05) is 0 Å². The van der Waals surface area contributed by atoms with Crippen LogP contribution in [0.1, 0.15) is 6.42 Å². The van der Waals surface area contributed by atoms with Gasteiger partial charge >= 0.3 is 5.97 Å². The summed E-state index contributed by atoms with van der Waals surface area (Å²) in [6, 6.07) is 0. The predicted molar refractivity (Wildman–Crippen MR) is 33.8 cm³/mol. The number of hydrogen-bond donors (Lipinski definition) is 0. The molecule has 0 aliphatic carbocycles. The van der Waals surface area contributed by atoms with Gasteiger partial charge in [0.1, 0.15) is 6.10 Å². The maximum Gasteiger partial charge on any atom is 0.337 e. The molecule has 1 aliphatic rings. The first-order valence-corrected chi connectivity index (χ1v) is 2.76. The number of esters is 1. The zero-order chi connectivity index (χ0) is 6.85. The summed E-state index contributed by atoms with van der Waals surface area (Å²) in [6.07, 6.45) is 2.31. The molecule has 2 heteroatoms. The lowest BCUT2D eigenvalue weighted by Gasteiger charge is -2.26. The van der Waals surface area contributed by atoms with Gasteiger partial charge < -0.3 is 4.74 Å². The Morgan fingerprint density at radius 2 is 2.44 bits per heavy atom. The number of carbonyl (C=O) groups is 1. The van der Waals surface area contributed by atoms with Crippen LogP contribution in [-0.4, -0.2) is 12.1 Å². The summed E-state index contributed by atoms with van der Waals surface area (Å²) < 4.78 is 4.68. The Bertz CT molecular complexity index is 168. The first-order valence-electron chi connectivity index (χ1n) is 2.76. The molecule has 0 aromatic rings. The molecule has 1 saturated heterocycles. The van der Waals surface area contributed by atoms with Crippen molar-refractivity contribution in [3.05, 3.63) is 24.8 Å². The number of ether oxygens (including phenoxy) is 1. The smallest absolute Gasteiger partial charge is 0.337 e. The molecule has 0 bridgehead atoms. The highest BCUT2D eigenvalue weighted by molar-refractivity contribution is 5.94. The molecule has 1 heterocycles. The molecule has 9 heavy (non-hydrogen) atoms. The van der Waals surface area contributed by atoms with Gasteiger partial charge in [0.05, 0.1) is 5.57 Å². The summed E-state index contributed by atoms with van der Waals surface area (Å²) in [5.41, 5.74) is 0.565. The monoisotopic (exact) mass is 124 g/mol. The maximum absolute atomic E-state index is 10.4. The molecule has 0 spiro atoms. The molecule has 48 valence electrons. The average molecular weight is 124 g/mol. The van der Waals surface area contributed by atoms with E-state index in [1.165, 1.54) is 0 Å². The first kappa shape index (κ1) is 6.08. The van der Waals surface area contributed by atoms with Crippen LogP contribution >= 0.6 is 0 Å². The zero-order valence-corrected chi connectivity index (χ0v) is 5.09. The molecule has 0 aromatic heterocycles. The fourth-order valence-electron chi connectivity index (χ4n) is 0.691. The van der Waals surface area contributed by atoms with Gasteiger partial charge in [0.25, 0.3) is 0 Å². The van der Waals surface area contributed by atoms with Gasteiger partial charge in [0.15, 0.2) is 0 Å². The Morgan fingerprint density at radius 3 is 2.78 bits per heavy atom. The van der Waals surface area contributed by atoms with Crippen molar-refractivity contribution in [1.82, 2.24) is 0 Å². The predicted octanol–water partition coefficient (Wildman–Crippen LogP) is 1.04. The summed E-state index contributed by atoms with van der Waals surface area (Å²) in [7, 11) is 0. The lowest BCUT2D eigenvalue weighted by molar-refractivity contribution is -0.155. The molecule has 0 amide bonds. The van der Waals surface area contributed by atoms with Crippen LogP contribution in [0, 0.1) is 0 Å². The third-order valence-corrected chi connectivity index (χ3v) is 1.28. The van der Waals surface area contributed by atoms with E-state index in [9.17, 15) is 4.79 Å². The molecular formula is C7H8O2. The minimum atomic E-state index is -0.276. The molecular weight excluding hydrogens is 116 g/mol. The summed E-state index contributed by atoms with van der Waals surface area (Å²) in [5.74, 6) is -0.276. The van der Waals surface area contributed by atoms with Gasteiger partial charge in [-0.15, -0.1) is 6.58 Å². The minimum absolute atomic E-state index is 0.0880. The zero-order valence-electron chi connectivity index (χ0n) is 5.09. The number of hydrogen-bond acceptors (Lipinski definition) is 2. The second-order valence-electron chi connectivity index (χ2n) is 1.94. The van der Waals surface area contributed by atoms with Gasteiger partial charge in [-0.2, -0.15) is 0 Å². The van der Waals surface area contributed by atoms with Crippen LogP contribution < -0.4 is 0 Å². The van der Waals surface area contributed by atoms with E-state index in [4.69, 9.17) is 0 Å². The van der Waals surface area contributed by atoms with E-state index >= 15 is 0 Å². The van der Waals surface area contributed by atoms with Crippen molar-refractivity contribution in [2.45, 2.75) is 12.5 Å². The summed E-state index contributed by atoms with van der Waals surface area (Å²) in [5, 5.41) is 0. The Kier molecular flexibility index (Phi) is 1.39. The van der Waals surface area contributed by atoms with Crippen molar-refractivity contribution in [2.24, 2.45) is 0 Å². The van der Waals surface area contributed by atoms with Crippen LogP contribution in [0.15, 0.2) is 24.8 Å². The van der Waals surface area contributed by atoms with Gasteiger partial charge in [0, 0.05) is 6.42 Å². The molecule has 2 nitrogen and oxygen atoms in total. The van der Waals surface area contributed by atoms with E-state index in [0.717, 1.165) is 0 Å². The van der Waals surface area contributed by atoms with Crippen LogP contribution in [0.5, 0.6) is 0 Å². The van der Waals surface area contributed by atoms with Crippen molar-refractivity contribution >= 4 is 5.97 Å². The Hall–Kier alpha value is -1.05. The van der Waals surface area contributed by atoms with Gasteiger partial charge in [-0.25, -0.2) is 4.79 Å². The lowest BCUT2D eigenvalue weighted by Crippen LogP contribution is -2.35. The first-order chi connectivity index (χ1) is 4.25. The summed E-state index contributed by atoms with van der Waals surface area (Å²) in [6.45, 7) is 7.03. The SMILES string of the molecule is C=CCC1OC(=O)C1=C. The number of rotatable bonds is 2. The Labute approximate surface area is 53.8 Å². The maximum atomic E-state index is 10.4. The second-order valence-corrected chi connectivity index (χ2v) is 1.94. The van der Waals surface area contributed by atoms with E-state index in [1.54, 1.807) is 6.08 Å². The van der Waals surface area contributed by atoms with Crippen LogP contribution in [0.25, 0.3) is 0 Å². The van der Waals surface area contributed by atoms with Crippen LogP contribution in [0.2, 0.25) is 0 Å². The second kappa shape index (κ2) is 2.05. The molecule has 0 N–H and O–H groups in total. The van der Waals surface area contributed by atoms with Gasteiger partial charge in [-0.05, 0) is 0 Å². The van der Waals surface area contributed by atoms with Crippen LogP contribution in [0.3, 0.4) is 0 Å². The van der Waals surface area contributed by atoms with E-state index in [1.807, 2.05) is 0 Å². The highest BCUT2D eigenvalue weighted by Crippen LogP contribution is 2.21. The van der Waals surface area contributed by atoms with Crippen LogP contribution in [0.4, 0.5) is 0 Å².